The number of nitrogens with two attached hydrogens (primary N) is 2. The lowest BCUT2D eigenvalue weighted by molar-refractivity contribution is 0.366. The van der Waals surface area contributed by atoms with Crippen molar-refractivity contribution >= 4 is 0 Å². The van der Waals surface area contributed by atoms with Crippen LogP contribution in [0.3, 0.4) is 0 Å². The maximum Gasteiger partial charge on any atom is 0.0603 e. The molecule has 0 aromatic rings. The zero-order valence-corrected chi connectivity index (χ0v) is 8.07. The van der Waals surface area contributed by atoms with Gasteiger partial charge in [0.1, 0.15) is 0 Å². The minimum absolute atomic E-state index is 0.0990. The molecule has 0 aromatic heterocycles. The predicted molar refractivity (Wildman–Crippen MR) is 49.2 cm³/mol. The molecule has 0 saturated heterocycles. The molecule has 0 aliphatic carbocycles. The number of rotatable bonds is 4. The van der Waals surface area contributed by atoms with E-state index in [4.69, 9.17) is 11.5 Å². The van der Waals surface area contributed by atoms with Crippen LogP contribution in [0.2, 0.25) is 0 Å². The molecule has 0 aromatic carbocycles. The van der Waals surface area contributed by atoms with Crippen LogP contribution in [0.5, 0.6) is 0 Å². The molecule has 0 rings (SSSR count). The standard InChI is InChI=1S/C8H21N3/c1-7(2,9)5-6-11-8(3,4)10/h11H,5-6,9-10H2,1-4H3. The average molecular weight is 159 g/mol. The van der Waals surface area contributed by atoms with Gasteiger partial charge < -0.3 is 11.5 Å². The minimum atomic E-state index is -0.286. The Hall–Kier alpha value is -0.120. The summed E-state index contributed by atoms with van der Waals surface area (Å²) in [6.45, 7) is 8.77. The van der Waals surface area contributed by atoms with Crippen molar-refractivity contribution in [2.45, 2.75) is 45.3 Å². The number of nitrogens with one attached hydrogen (secondary N) is 1. The van der Waals surface area contributed by atoms with Crippen molar-refractivity contribution in [3.63, 3.8) is 0 Å². The maximum atomic E-state index is 5.78. The summed E-state index contributed by atoms with van der Waals surface area (Å²) in [5.41, 5.74) is 11.1. The van der Waals surface area contributed by atoms with Gasteiger partial charge in [-0.3, -0.25) is 5.32 Å². The van der Waals surface area contributed by atoms with Crippen LogP contribution in [-0.2, 0) is 0 Å². The maximum absolute atomic E-state index is 5.78. The van der Waals surface area contributed by atoms with Gasteiger partial charge in [0.05, 0.1) is 5.66 Å². The fourth-order valence-electron chi connectivity index (χ4n) is 0.707. The highest BCUT2D eigenvalue weighted by molar-refractivity contribution is 4.75. The van der Waals surface area contributed by atoms with Crippen LogP contribution >= 0.6 is 0 Å². The number of hydrogen-bond donors (Lipinski definition) is 3. The lowest BCUT2D eigenvalue weighted by Crippen LogP contribution is -2.49. The molecule has 68 valence electrons. The van der Waals surface area contributed by atoms with E-state index in [1.165, 1.54) is 0 Å². The van der Waals surface area contributed by atoms with Crippen molar-refractivity contribution in [3.05, 3.63) is 0 Å². The van der Waals surface area contributed by atoms with Crippen molar-refractivity contribution in [3.8, 4) is 0 Å². The molecule has 0 saturated carbocycles. The van der Waals surface area contributed by atoms with Gasteiger partial charge in [0.25, 0.3) is 0 Å². The van der Waals surface area contributed by atoms with Gasteiger partial charge in [0.2, 0.25) is 0 Å². The SMILES string of the molecule is CC(C)(N)CCNC(C)(C)N. The number of hydrogen-bond acceptors (Lipinski definition) is 3. The Labute approximate surface area is 69.5 Å². The summed E-state index contributed by atoms with van der Waals surface area (Å²) in [7, 11) is 0. The fourth-order valence-corrected chi connectivity index (χ4v) is 0.707. The topological polar surface area (TPSA) is 64.1 Å². The normalized spacial score (nSPS) is 13.6. The molecule has 0 radical (unpaired) electrons. The molecule has 0 fully saturated rings. The van der Waals surface area contributed by atoms with Crippen LogP contribution in [0.25, 0.3) is 0 Å². The Bertz CT molecular complexity index is 93.5. The fraction of sp³-hybridized carbons (Fsp3) is 1.00. The van der Waals surface area contributed by atoms with E-state index >= 15 is 0 Å². The second-order valence-corrected chi connectivity index (χ2v) is 4.39. The van der Waals surface area contributed by atoms with Crippen LogP contribution in [0, 0.1) is 0 Å². The van der Waals surface area contributed by atoms with Gasteiger partial charge in [-0.05, 0) is 40.7 Å². The minimum Gasteiger partial charge on any atom is -0.326 e. The van der Waals surface area contributed by atoms with E-state index in [1.54, 1.807) is 0 Å². The van der Waals surface area contributed by atoms with Crippen LogP contribution in [0.4, 0.5) is 0 Å². The Kier molecular flexibility index (Phi) is 3.48. The summed E-state index contributed by atoms with van der Waals surface area (Å²) in [5, 5.41) is 3.18. The highest BCUT2D eigenvalue weighted by atomic mass is 15.1. The molecule has 0 bridgehead atoms. The first-order valence-electron chi connectivity index (χ1n) is 4.03. The van der Waals surface area contributed by atoms with E-state index in [-0.39, 0.29) is 11.2 Å². The molecule has 0 atom stereocenters. The van der Waals surface area contributed by atoms with Gasteiger partial charge in [0.15, 0.2) is 0 Å². The van der Waals surface area contributed by atoms with Gasteiger partial charge in [-0.15, -0.1) is 0 Å². The van der Waals surface area contributed by atoms with Crippen molar-refractivity contribution in [2.75, 3.05) is 6.54 Å². The molecule has 11 heavy (non-hydrogen) atoms. The molecule has 0 unspecified atom stereocenters. The largest absolute Gasteiger partial charge is 0.326 e. The molecular weight excluding hydrogens is 138 g/mol. The van der Waals surface area contributed by atoms with Crippen LogP contribution in [0.15, 0.2) is 0 Å². The third-order valence-electron chi connectivity index (χ3n) is 1.35. The molecule has 3 nitrogen and oxygen atoms in total. The van der Waals surface area contributed by atoms with Crippen LogP contribution in [-0.4, -0.2) is 17.7 Å². The van der Waals surface area contributed by atoms with E-state index < -0.39 is 0 Å². The lowest BCUT2D eigenvalue weighted by atomic mass is 10.0. The average Bonchev–Trinajstić information content (AvgIpc) is 1.55. The summed E-state index contributed by atoms with van der Waals surface area (Å²) < 4.78 is 0. The molecule has 0 amide bonds. The molecule has 5 N–H and O–H groups in total. The summed E-state index contributed by atoms with van der Waals surface area (Å²) in [6.07, 6.45) is 0.938. The van der Waals surface area contributed by atoms with E-state index in [0.717, 1.165) is 13.0 Å². The zero-order valence-electron chi connectivity index (χ0n) is 8.07. The third kappa shape index (κ3) is 9.88. The Morgan fingerprint density at radius 1 is 1.09 bits per heavy atom. The van der Waals surface area contributed by atoms with Crippen molar-refractivity contribution < 1.29 is 0 Å². The van der Waals surface area contributed by atoms with Gasteiger partial charge >= 0.3 is 0 Å². The summed E-state index contributed by atoms with van der Waals surface area (Å²) in [6, 6.07) is 0. The van der Waals surface area contributed by atoms with E-state index in [2.05, 4.69) is 5.32 Å². The summed E-state index contributed by atoms with van der Waals surface area (Å²) in [5.74, 6) is 0. The highest BCUT2D eigenvalue weighted by Gasteiger charge is 2.13. The summed E-state index contributed by atoms with van der Waals surface area (Å²) in [4.78, 5) is 0. The van der Waals surface area contributed by atoms with Crippen molar-refractivity contribution in [1.29, 1.82) is 0 Å². The summed E-state index contributed by atoms with van der Waals surface area (Å²) >= 11 is 0. The second-order valence-electron chi connectivity index (χ2n) is 4.39. The van der Waals surface area contributed by atoms with E-state index in [9.17, 15) is 0 Å². The highest BCUT2D eigenvalue weighted by Crippen LogP contribution is 2.02. The Balaban J connectivity index is 3.44. The molecular formula is C8H21N3. The zero-order chi connectivity index (χ0) is 9.12. The quantitative estimate of drug-likeness (QED) is 0.520. The Morgan fingerprint density at radius 2 is 1.55 bits per heavy atom. The van der Waals surface area contributed by atoms with Gasteiger partial charge in [-0.25, -0.2) is 0 Å². The molecule has 0 aliphatic rings. The van der Waals surface area contributed by atoms with E-state index in [0.29, 0.717) is 0 Å². The second kappa shape index (κ2) is 3.52. The van der Waals surface area contributed by atoms with E-state index in [1.807, 2.05) is 27.7 Å². The first kappa shape index (κ1) is 10.9. The van der Waals surface area contributed by atoms with Gasteiger partial charge in [-0.1, -0.05) is 0 Å². The van der Waals surface area contributed by atoms with Crippen LogP contribution in [0.1, 0.15) is 34.1 Å². The van der Waals surface area contributed by atoms with Crippen LogP contribution < -0.4 is 16.8 Å². The van der Waals surface area contributed by atoms with Gasteiger partial charge in [0, 0.05) is 5.54 Å². The van der Waals surface area contributed by atoms with Gasteiger partial charge in [-0.2, -0.15) is 0 Å². The lowest BCUT2D eigenvalue weighted by Gasteiger charge is -2.24. The molecule has 0 heterocycles. The monoisotopic (exact) mass is 159 g/mol. The first-order valence-corrected chi connectivity index (χ1v) is 4.03. The third-order valence-corrected chi connectivity index (χ3v) is 1.35. The van der Waals surface area contributed by atoms with Crippen molar-refractivity contribution in [1.82, 2.24) is 5.32 Å². The predicted octanol–water partition coefficient (Wildman–Crippen LogP) is 0.398. The molecule has 0 spiro atoms. The Morgan fingerprint density at radius 3 is 1.82 bits per heavy atom. The first-order chi connectivity index (χ1) is 4.71. The molecule has 0 aliphatic heterocycles. The van der Waals surface area contributed by atoms with Crippen molar-refractivity contribution in [2.24, 2.45) is 11.5 Å². The smallest absolute Gasteiger partial charge is 0.0603 e. The molecule has 3 heteroatoms.